The second-order valence-electron chi connectivity index (χ2n) is 6.90. The van der Waals surface area contributed by atoms with Crippen LogP contribution >= 0.6 is 0 Å². The van der Waals surface area contributed by atoms with E-state index in [0.29, 0.717) is 17.2 Å². The number of carbonyl (C=O) groups is 1. The summed E-state index contributed by atoms with van der Waals surface area (Å²) < 4.78 is 48.2. The molecule has 1 heterocycles. The first-order valence-corrected chi connectivity index (χ1v) is 10.0. The highest BCUT2D eigenvalue weighted by atomic mass is 16.7. The molecule has 0 bridgehead atoms. The largest absolute Gasteiger partial charge is 0.493 e. The summed E-state index contributed by atoms with van der Waals surface area (Å²) in [6.07, 6.45) is -1.18. The van der Waals surface area contributed by atoms with E-state index in [-0.39, 0.29) is 43.2 Å². The summed E-state index contributed by atoms with van der Waals surface area (Å²) in [6.45, 7) is -0.154. The van der Waals surface area contributed by atoms with Crippen LogP contribution in [0, 0.1) is 0 Å². The van der Waals surface area contributed by atoms with Crippen molar-refractivity contribution in [3.63, 3.8) is 0 Å². The molecule has 0 spiro atoms. The summed E-state index contributed by atoms with van der Waals surface area (Å²) >= 11 is 0. The fraction of sp³-hybridized carbons (Fsp3) is 0.435. The molecule has 2 atom stereocenters. The van der Waals surface area contributed by atoms with E-state index in [1.165, 1.54) is 21.3 Å². The number of methoxy groups -OCH3 is 5. The van der Waals surface area contributed by atoms with Crippen LogP contribution in [0.15, 0.2) is 30.3 Å². The minimum absolute atomic E-state index is 0.00778. The van der Waals surface area contributed by atoms with Gasteiger partial charge < -0.3 is 42.6 Å². The average Bonchev–Trinajstić information content (AvgIpc) is 3.64. The van der Waals surface area contributed by atoms with Gasteiger partial charge in [-0.15, -0.1) is 0 Å². The number of epoxide rings is 1. The molecular formula is C23H28O10. The fourth-order valence-electron chi connectivity index (χ4n) is 3.23. The van der Waals surface area contributed by atoms with Crippen LogP contribution in [-0.4, -0.2) is 67.8 Å². The monoisotopic (exact) mass is 464 g/mol. The lowest BCUT2D eigenvalue weighted by Crippen LogP contribution is -2.15. The molecule has 3 rings (SSSR count). The number of carbonyl (C=O) groups excluding carboxylic acids is 1. The van der Waals surface area contributed by atoms with E-state index in [1.807, 2.05) is 6.07 Å². The zero-order chi connectivity index (χ0) is 23.8. The molecule has 0 aromatic heterocycles. The van der Waals surface area contributed by atoms with Crippen molar-refractivity contribution >= 4 is 5.78 Å². The Morgan fingerprint density at radius 2 is 1.33 bits per heavy atom. The highest BCUT2D eigenvalue weighted by Gasteiger charge is 2.48. The lowest BCUT2D eigenvalue weighted by atomic mass is 10.0. The molecule has 0 amide bonds. The van der Waals surface area contributed by atoms with Gasteiger partial charge in [0.25, 0.3) is 0 Å². The quantitative estimate of drug-likeness (QED) is 0.235. The summed E-state index contributed by atoms with van der Waals surface area (Å²) in [5.41, 5.74) is 0.978. The first-order chi connectivity index (χ1) is 16.1. The van der Waals surface area contributed by atoms with Crippen LogP contribution in [0.5, 0.6) is 28.7 Å². The SMILES string of the molecule is COCOc1cc(OCOC)c(C(=O)[C@@H]2O[C@@H]2c2ccc(OC)c(OC)c2)c(OCOC)c1. The number of hydrogen-bond donors (Lipinski definition) is 0. The Kier molecular flexibility index (Phi) is 8.72. The maximum Gasteiger partial charge on any atom is 0.202 e. The van der Waals surface area contributed by atoms with Crippen molar-refractivity contribution in [2.24, 2.45) is 0 Å². The van der Waals surface area contributed by atoms with E-state index in [0.717, 1.165) is 5.56 Å². The number of rotatable bonds is 14. The first-order valence-electron chi connectivity index (χ1n) is 10.0. The normalized spacial score (nSPS) is 16.8. The molecule has 33 heavy (non-hydrogen) atoms. The van der Waals surface area contributed by atoms with Gasteiger partial charge in [0.1, 0.15) is 28.9 Å². The van der Waals surface area contributed by atoms with Gasteiger partial charge in [0.05, 0.1) is 14.2 Å². The first kappa shape index (κ1) is 24.6. The third kappa shape index (κ3) is 5.85. The topological polar surface area (TPSA) is 103 Å². The molecule has 1 fully saturated rings. The van der Waals surface area contributed by atoms with Crippen molar-refractivity contribution in [3.8, 4) is 28.7 Å². The molecule has 2 aromatic carbocycles. The van der Waals surface area contributed by atoms with Crippen LogP contribution in [0.2, 0.25) is 0 Å². The number of benzene rings is 2. The molecular weight excluding hydrogens is 436 g/mol. The third-order valence-corrected chi connectivity index (χ3v) is 4.78. The molecule has 0 saturated carbocycles. The molecule has 0 unspecified atom stereocenters. The van der Waals surface area contributed by atoms with E-state index >= 15 is 0 Å². The Bertz CT molecular complexity index is 916. The van der Waals surface area contributed by atoms with Gasteiger partial charge in [-0.1, -0.05) is 6.07 Å². The highest BCUT2D eigenvalue weighted by Crippen LogP contribution is 2.46. The summed E-state index contributed by atoms with van der Waals surface area (Å²) in [4.78, 5) is 13.5. The van der Waals surface area contributed by atoms with Crippen LogP contribution in [-0.2, 0) is 18.9 Å². The fourth-order valence-corrected chi connectivity index (χ4v) is 3.23. The van der Waals surface area contributed by atoms with E-state index in [1.54, 1.807) is 38.5 Å². The van der Waals surface area contributed by atoms with Gasteiger partial charge in [-0.25, -0.2) is 0 Å². The van der Waals surface area contributed by atoms with Crippen molar-refractivity contribution in [1.82, 2.24) is 0 Å². The van der Waals surface area contributed by atoms with E-state index in [4.69, 9.17) is 42.6 Å². The second-order valence-corrected chi connectivity index (χ2v) is 6.90. The van der Waals surface area contributed by atoms with Crippen molar-refractivity contribution in [1.29, 1.82) is 0 Å². The second kappa shape index (κ2) is 11.7. The molecule has 1 aliphatic rings. The minimum atomic E-state index is -0.733. The van der Waals surface area contributed by atoms with E-state index in [2.05, 4.69) is 0 Å². The van der Waals surface area contributed by atoms with Gasteiger partial charge in [-0.2, -0.15) is 0 Å². The predicted octanol–water partition coefficient (Wildman–Crippen LogP) is 2.97. The Balaban J connectivity index is 1.92. The Labute approximate surface area is 192 Å². The minimum Gasteiger partial charge on any atom is -0.493 e. The van der Waals surface area contributed by atoms with Crippen LogP contribution < -0.4 is 23.7 Å². The van der Waals surface area contributed by atoms with Crippen molar-refractivity contribution in [2.45, 2.75) is 12.2 Å². The van der Waals surface area contributed by atoms with Crippen molar-refractivity contribution < 1.29 is 47.4 Å². The van der Waals surface area contributed by atoms with Gasteiger partial charge in [0.15, 0.2) is 38.0 Å². The van der Waals surface area contributed by atoms with Crippen LogP contribution in [0.1, 0.15) is 22.0 Å². The molecule has 180 valence electrons. The van der Waals surface area contributed by atoms with Gasteiger partial charge in [-0.05, 0) is 17.7 Å². The number of Topliss-reactive ketones (excluding diaryl/α,β-unsaturated/α-hetero) is 1. The van der Waals surface area contributed by atoms with Gasteiger partial charge in [0.2, 0.25) is 5.78 Å². The summed E-state index contributed by atoms with van der Waals surface area (Å²) in [5, 5.41) is 0. The molecule has 2 aromatic rings. The van der Waals surface area contributed by atoms with Crippen LogP contribution in [0.25, 0.3) is 0 Å². The number of hydrogen-bond acceptors (Lipinski definition) is 10. The number of ketones is 1. The predicted molar refractivity (Wildman–Crippen MR) is 115 cm³/mol. The average molecular weight is 464 g/mol. The van der Waals surface area contributed by atoms with Crippen molar-refractivity contribution in [2.75, 3.05) is 55.9 Å². The zero-order valence-electron chi connectivity index (χ0n) is 19.2. The molecule has 1 saturated heterocycles. The Hall–Kier alpha value is -3.05. The number of ether oxygens (including phenoxy) is 9. The van der Waals surface area contributed by atoms with Gasteiger partial charge in [0, 0.05) is 33.5 Å². The molecule has 0 aliphatic carbocycles. The maximum atomic E-state index is 13.5. The highest BCUT2D eigenvalue weighted by molar-refractivity contribution is 6.06. The third-order valence-electron chi connectivity index (χ3n) is 4.78. The standard InChI is InChI=1S/C23H28O10/c1-25-11-30-15-9-18(31-12-26-2)20(19(10-15)32-13-27-3)21(24)23-22(33-23)14-6-7-16(28-4)17(8-14)29-5/h6-10,22-23H,11-13H2,1-5H3/t22-,23+/m1/s1. The Morgan fingerprint density at radius 1 is 0.758 bits per heavy atom. The molecule has 0 N–H and O–H groups in total. The van der Waals surface area contributed by atoms with Crippen LogP contribution in [0.4, 0.5) is 0 Å². The lowest BCUT2D eigenvalue weighted by Gasteiger charge is -2.17. The van der Waals surface area contributed by atoms with Gasteiger partial charge in [-0.3, -0.25) is 4.79 Å². The lowest BCUT2D eigenvalue weighted by molar-refractivity contribution is 0.0397. The molecule has 1 aliphatic heterocycles. The summed E-state index contributed by atoms with van der Waals surface area (Å²) in [7, 11) is 7.56. The summed E-state index contributed by atoms with van der Waals surface area (Å²) in [6, 6.07) is 8.51. The van der Waals surface area contributed by atoms with Crippen LogP contribution in [0.3, 0.4) is 0 Å². The maximum absolute atomic E-state index is 13.5. The van der Waals surface area contributed by atoms with E-state index in [9.17, 15) is 4.79 Å². The summed E-state index contributed by atoms with van der Waals surface area (Å²) in [5.74, 6) is 1.65. The zero-order valence-corrected chi connectivity index (χ0v) is 19.2. The molecule has 10 nitrogen and oxygen atoms in total. The van der Waals surface area contributed by atoms with E-state index < -0.39 is 12.2 Å². The van der Waals surface area contributed by atoms with Gasteiger partial charge >= 0.3 is 0 Å². The smallest absolute Gasteiger partial charge is 0.202 e. The van der Waals surface area contributed by atoms with Crippen molar-refractivity contribution in [3.05, 3.63) is 41.5 Å². The molecule has 10 heteroatoms. The Morgan fingerprint density at radius 3 is 1.88 bits per heavy atom. The molecule has 0 radical (unpaired) electrons.